The molecule has 2 N–H and O–H groups in total. The van der Waals surface area contributed by atoms with Crippen LogP contribution in [0.1, 0.15) is 24.2 Å². The third-order valence-electron chi connectivity index (χ3n) is 2.35. The van der Waals surface area contributed by atoms with Crippen molar-refractivity contribution in [2.45, 2.75) is 25.9 Å². The Balaban J connectivity index is 2.81. The Kier molecular flexibility index (Phi) is 4.72. The van der Waals surface area contributed by atoms with E-state index in [4.69, 9.17) is 5.11 Å². The molecule has 0 aliphatic carbocycles. The highest BCUT2D eigenvalue weighted by molar-refractivity contribution is 5.99. The monoisotopic (exact) mass is 243 g/mol. The standard InChI is InChI=1S/C12H15F2NO2/c1-7(6-16)15-8(2)12(17)9-3-10(13)5-11(14)4-9/h3-5,7-8,15-16H,6H2,1-2H3. The Hall–Kier alpha value is -1.33. The van der Waals surface area contributed by atoms with Crippen LogP contribution in [0.4, 0.5) is 8.78 Å². The maximum atomic E-state index is 12.9. The molecule has 0 aliphatic heterocycles. The largest absolute Gasteiger partial charge is 0.395 e. The van der Waals surface area contributed by atoms with E-state index >= 15 is 0 Å². The van der Waals surface area contributed by atoms with Gasteiger partial charge in [-0.05, 0) is 26.0 Å². The van der Waals surface area contributed by atoms with Crippen molar-refractivity contribution in [3.05, 3.63) is 35.4 Å². The van der Waals surface area contributed by atoms with Gasteiger partial charge in [-0.2, -0.15) is 0 Å². The van der Waals surface area contributed by atoms with Crippen LogP contribution in [0.5, 0.6) is 0 Å². The maximum Gasteiger partial charge on any atom is 0.179 e. The van der Waals surface area contributed by atoms with Gasteiger partial charge in [0.25, 0.3) is 0 Å². The molecular formula is C12H15F2NO2. The maximum absolute atomic E-state index is 12.9. The van der Waals surface area contributed by atoms with Crippen molar-refractivity contribution in [2.24, 2.45) is 0 Å². The van der Waals surface area contributed by atoms with Gasteiger partial charge in [0, 0.05) is 17.7 Å². The Morgan fingerprint density at radius 2 is 1.82 bits per heavy atom. The first kappa shape index (κ1) is 13.7. The Morgan fingerprint density at radius 3 is 2.29 bits per heavy atom. The first-order valence-corrected chi connectivity index (χ1v) is 5.31. The molecule has 17 heavy (non-hydrogen) atoms. The normalized spacial score (nSPS) is 14.4. The third-order valence-corrected chi connectivity index (χ3v) is 2.35. The van der Waals surface area contributed by atoms with Crippen LogP contribution in [-0.2, 0) is 0 Å². The van der Waals surface area contributed by atoms with Crippen molar-refractivity contribution in [3.63, 3.8) is 0 Å². The van der Waals surface area contributed by atoms with Crippen molar-refractivity contribution in [2.75, 3.05) is 6.61 Å². The number of benzene rings is 1. The number of nitrogens with one attached hydrogen (secondary N) is 1. The van der Waals surface area contributed by atoms with E-state index in [1.165, 1.54) is 0 Å². The van der Waals surface area contributed by atoms with Crippen LogP contribution in [0.25, 0.3) is 0 Å². The van der Waals surface area contributed by atoms with E-state index in [2.05, 4.69) is 5.32 Å². The second kappa shape index (κ2) is 5.84. The Labute approximate surface area is 98.5 Å². The lowest BCUT2D eigenvalue weighted by Crippen LogP contribution is -2.41. The quantitative estimate of drug-likeness (QED) is 0.771. The highest BCUT2D eigenvalue weighted by Crippen LogP contribution is 2.10. The predicted molar refractivity (Wildman–Crippen MR) is 59.8 cm³/mol. The first-order chi connectivity index (χ1) is 7.93. The number of Topliss-reactive ketones (excluding diaryl/α,β-unsaturated/α-hetero) is 1. The van der Waals surface area contributed by atoms with Crippen molar-refractivity contribution in [1.29, 1.82) is 0 Å². The van der Waals surface area contributed by atoms with Crippen LogP contribution in [0.15, 0.2) is 18.2 Å². The number of rotatable bonds is 5. The number of hydrogen-bond acceptors (Lipinski definition) is 3. The molecule has 0 radical (unpaired) electrons. The minimum Gasteiger partial charge on any atom is -0.395 e. The first-order valence-electron chi connectivity index (χ1n) is 5.31. The summed E-state index contributed by atoms with van der Waals surface area (Å²) in [5, 5.41) is 11.7. The highest BCUT2D eigenvalue weighted by Gasteiger charge is 2.18. The van der Waals surface area contributed by atoms with E-state index < -0.39 is 23.5 Å². The summed E-state index contributed by atoms with van der Waals surface area (Å²) in [5.41, 5.74) is -0.0207. The fourth-order valence-corrected chi connectivity index (χ4v) is 1.50. The van der Waals surface area contributed by atoms with E-state index in [9.17, 15) is 13.6 Å². The summed E-state index contributed by atoms with van der Waals surface area (Å²) in [4.78, 5) is 11.8. The van der Waals surface area contributed by atoms with Crippen LogP contribution in [-0.4, -0.2) is 29.6 Å². The number of ketones is 1. The van der Waals surface area contributed by atoms with Gasteiger partial charge in [0.05, 0.1) is 12.6 Å². The van der Waals surface area contributed by atoms with E-state index in [0.717, 1.165) is 12.1 Å². The SMILES string of the molecule is CC(CO)NC(C)C(=O)c1cc(F)cc(F)c1. The van der Waals surface area contributed by atoms with Gasteiger partial charge in [-0.15, -0.1) is 0 Å². The van der Waals surface area contributed by atoms with Crippen LogP contribution < -0.4 is 5.32 Å². The Morgan fingerprint density at radius 1 is 1.29 bits per heavy atom. The average Bonchev–Trinajstić information content (AvgIpc) is 2.26. The number of carbonyl (C=O) groups is 1. The molecule has 1 rings (SSSR count). The number of aliphatic hydroxyl groups is 1. The molecule has 2 atom stereocenters. The van der Waals surface area contributed by atoms with Crippen molar-refractivity contribution >= 4 is 5.78 Å². The fourth-order valence-electron chi connectivity index (χ4n) is 1.50. The summed E-state index contributed by atoms with van der Waals surface area (Å²) in [6, 6.07) is 1.83. The molecule has 1 aromatic carbocycles. The zero-order valence-electron chi connectivity index (χ0n) is 9.71. The van der Waals surface area contributed by atoms with Crippen LogP contribution in [0.2, 0.25) is 0 Å². The molecular weight excluding hydrogens is 228 g/mol. The predicted octanol–water partition coefficient (Wildman–Crippen LogP) is 1.51. The molecule has 0 saturated heterocycles. The molecule has 0 fully saturated rings. The molecule has 0 amide bonds. The summed E-state index contributed by atoms with van der Waals surface area (Å²) in [5.74, 6) is -1.98. The zero-order chi connectivity index (χ0) is 13.0. The average molecular weight is 243 g/mol. The summed E-state index contributed by atoms with van der Waals surface area (Å²) in [7, 11) is 0. The van der Waals surface area contributed by atoms with Crippen LogP contribution in [0, 0.1) is 11.6 Å². The zero-order valence-corrected chi connectivity index (χ0v) is 9.71. The van der Waals surface area contributed by atoms with E-state index in [1.54, 1.807) is 13.8 Å². The van der Waals surface area contributed by atoms with Crippen molar-refractivity contribution < 1.29 is 18.7 Å². The summed E-state index contributed by atoms with van der Waals surface area (Å²) >= 11 is 0. The van der Waals surface area contributed by atoms with Gasteiger partial charge in [-0.3, -0.25) is 4.79 Å². The molecule has 2 unspecified atom stereocenters. The molecule has 1 aromatic rings. The fraction of sp³-hybridized carbons (Fsp3) is 0.417. The van der Waals surface area contributed by atoms with Crippen LogP contribution in [0.3, 0.4) is 0 Å². The second-order valence-corrected chi connectivity index (χ2v) is 3.99. The molecule has 0 heterocycles. The molecule has 0 spiro atoms. The third kappa shape index (κ3) is 3.87. The highest BCUT2D eigenvalue weighted by atomic mass is 19.1. The van der Waals surface area contributed by atoms with Gasteiger partial charge >= 0.3 is 0 Å². The lowest BCUT2D eigenvalue weighted by Gasteiger charge is -2.17. The van der Waals surface area contributed by atoms with E-state index in [0.29, 0.717) is 6.07 Å². The van der Waals surface area contributed by atoms with E-state index in [1.807, 2.05) is 0 Å². The second-order valence-electron chi connectivity index (χ2n) is 3.99. The molecule has 94 valence electrons. The Bertz CT molecular complexity index is 389. The summed E-state index contributed by atoms with van der Waals surface area (Å²) in [6.07, 6.45) is 0. The van der Waals surface area contributed by atoms with Gasteiger partial charge in [-0.1, -0.05) is 0 Å². The van der Waals surface area contributed by atoms with Gasteiger partial charge in [-0.25, -0.2) is 8.78 Å². The van der Waals surface area contributed by atoms with Crippen molar-refractivity contribution in [3.8, 4) is 0 Å². The molecule has 5 heteroatoms. The minimum absolute atomic E-state index is 0.0207. The summed E-state index contributed by atoms with van der Waals surface area (Å²) < 4.78 is 25.9. The number of carbonyl (C=O) groups excluding carboxylic acids is 1. The van der Waals surface area contributed by atoms with Gasteiger partial charge in [0.2, 0.25) is 0 Å². The van der Waals surface area contributed by atoms with Gasteiger partial charge in [0.15, 0.2) is 5.78 Å². The topological polar surface area (TPSA) is 49.3 Å². The van der Waals surface area contributed by atoms with Gasteiger partial charge < -0.3 is 10.4 Å². The lowest BCUT2D eigenvalue weighted by atomic mass is 10.0. The molecule has 0 saturated carbocycles. The molecule has 0 bridgehead atoms. The molecule has 0 aliphatic rings. The lowest BCUT2D eigenvalue weighted by molar-refractivity contribution is 0.0938. The van der Waals surface area contributed by atoms with Gasteiger partial charge in [0.1, 0.15) is 11.6 Å². The van der Waals surface area contributed by atoms with Crippen molar-refractivity contribution in [1.82, 2.24) is 5.32 Å². The number of aliphatic hydroxyl groups excluding tert-OH is 1. The molecule has 0 aromatic heterocycles. The summed E-state index contributed by atoms with van der Waals surface area (Å²) in [6.45, 7) is 3.17. The smallest absolute Gasteiger partial charge is 0.179 e. The minimum atomic E-state index is -0.782. The number of halogens is 2. The number of hydrogen-bond donors (Lipinski definition) is 2. The van der Waals surface area contributed by atoms with E-state index in [-0.39, 0.29) is 18.2 Å². The molecule has 3 nitrogen and oxygen atoms in total. The van der Waals surface area contributed by atoms with Crippen LogP contribution >= 0.6 is 0 Å².